The van der Waals surface area contributed by atoms with Gasteiger partial charge in [0.25, 0.3) is 0 Å². The zero-order valence-corrected chi connectivity index (χ0v) is 12.0. The molecule has 1 aromatic carbocycles. The molecule has 0 saturated heterocycles. The summed E-state index contributed by atoms with van der Waals surface area (Å²) in [5, 5.41) is 0. The van der Waals surface area contributed by atoms with E-state index < -0.39 is 0 Å². The molecule has 1 aromatic rings. The molecule has 3 nitrogen and oxygen atoms in total. The maximum Gasteiger partial charge on any atom is 0.123 e. The smallest absolute Gasteiger partial charge is 0.123 e. The Bertz CT molecular complexity index is 419. The minimum absolute atomic E-state index is 0.0189. The second kappa shape index (κ2) is 5.57. The van der Waals surface area contributed by atoms with Gasteiger partial charge >= 0.3 is 0 Å². The first-order valence-corrected chi connectivity index (χ1v) is 6.90. The average molecular weight is 265 g/mol. The number of nitrogens with zero attached hydrogens (tertiary/aromatic N) is 1. The van der Waals surface area contributed by atoms with Gasteiger partial charge in [0.1, 0.15) is 5.82 Å². The van der Waals surface area contributed by atoms with Gasteiger partial charge in [-0.1, -0.05) is 18.9 Å². The maximum atomic E-state index is 13.7. The fourth-order valence-electron chi connectivity index (χ4n) is 3.47. The van der Waals surface area contributed by atoms with Crippen molar-refractivity contribution in [3.05, 3.63) is 35.1 Å². The molecule has 1 fully saturated rings. The number of halogens is 1. The predicted molar refractivity (Wildman–Crippen MR) is 76.1 cm³/mol. The van der Waals surface area contributed by atoms with Crippen molar-refractivity contribution in [1.82, 2.24) is 10.3 Å². The molecule has 3 N–H and O–H groups in total. The third-order valence-electron chi connectivity index (χ3n) is 4.46. The van der Waals surface area contributed by atoms with E-state index in [-0.39, 0.29) is 17.4 Å². The van der Waals surface area contributed by atoms with Crippen LogP contribution in [0.4, 0.5) is 4.39 Å². The Morgan fingerprint density at radius 1 is 1.26 bits per heavy atom. The highest BCUT2D eigenvalue weighted by atomic mass is 19.1. The molecule has 1 saturated carbocycles. The van der Waals surface area contributed by atoms with Crippen LogP contribution in [0.1, 0.15) is 42.9 Å². The summed E-state index contributed by atoms with van der Waals surface area (Å²) >= 11 is 0. The minimum atomic E-state index is -0.192. The zero-order chi connectivity index (χ0) is 14.0. The number of likely N-dealkylation sites (N-methyl/N-ethyl adjacent to an activating group) is 1. The average Bonchev–Trinajstić information content (AvgIpc) is 2.79. The molecular weight excluding hydrogens is 241 g/mol. The molecule has 1 aliphatic carbocycles. The summed E-state index contributed by atoms with van der Waals surface area (Å²) in [4.78, 5) is 2.24. The molecular formula is C15H24FN3. The number of nitrogens with one attached hydrogen (secondary N) is 1. The first kappa shape index (κ1) is 14.4. The van der Waals surface area contributed by atoms with Crippen LogP contribution >= 0.6 is 0 Å². The van der Waals surface area contributed by atoms with Crippen molar-refractivity contribution in [1.29, 1.82) is 0 Å². The van der Waals surface area contributed by atoms with Crippen molar-refractivity contribution < 1.29 is 4.39 Å². The number of hydrogen-bond acceptors (Lipinski definition) is 3. The molecule has 0 heterocycles. The standard InChI is InChI=1S/C15H24FN3/c1-11-8-12(10-13(16)9-11)14(18-17)15(19(2)3)6-4-5-7-15/h8-10,14,18H,4-7,17H2,1-3H3. The van der Waals surface area contributed by atoms with Gasteiger partial charge in [-0.25, -0.2) is 4.39 Å². The molecule has 106 valence electrons. The van der Waals surface area contributed by atoms with Gasteiger partial charge in [0, 0.05) is 5.54 Å². The van der Waals surface area contributed by atoms with Crippen molar-refractivity contribution in [3.63, 3.8) is 0 Å². The topological polar surface area (TPSA) is 41.3 Å². The molecule has 0 amide bonds. The van der Waals surface area contributed by atoms with Crippen LogP contribution in [-0.4, -0.2) is 24.5 Å². The molecule has 0 aromatic heterocycles. The molecule has 0 spiro atoms. The first-order chi connectivity index (χ1) is 8.99. The Labute approximate surface area is 114 Å². The second-order valence-electron chi connectivity index (χ2n) is 5.87. The number of benzene rings is 1. The SMILES string of the molecule is Cc1cc(F)cc(C(NN)C2(N(C)C)CCCC2)c1. The first-order valence-electron chi connectivity index (χ1n) is 6.90. The highest BCUT2D eigenvalue weighted by Crippen LogP contribution is 2.43. The Kier molecular flexibility index (Phi) is 4.23. The minimum Gasteiger partial charge on any atom is -0.302 e. The number of nitrogens with two attached hydrogens (primary N) is 1. The number of rotatable bonds is 4. The normalized spacial score (nSPS) is 19.9. The van der Waals surface area contributed by atoms with E-state index in [9.17, 15) is 4.39 Å². The highest BCUT2D eigenvalue weighted by molar-refractivity contribution is 5.29. The molecule has 2 rings (SSSR count). The van der Waals surface area contributed by atoms with Crippen LogP contribution in [0.15, 0.2) is 18.2 Å². The molecule has 0 bridgehead atoms. The lowest BCUT2D eigenvalue weighted by atomic mass is 9.82. The molecule has 1 unspecified atom stereocenters. The number of hydrogen-bond donors (Lipinski definition) is 2. The van der Waals surface area contributed by atoms with Gasteiger partial charge in [-0.15, -0.1) is 0 Å². The van der Waals surface area contributed by atoms with Crippen molar-refractivity contribution in [3.8, 4) is 0 Å². The number of hydrazine groups is 1. The van der Waals surface area contributed by atoms with Gasteiger partial charge in [0.2, 0.25) is 0 Å². The Balaban J connectivity index is 2.42. The van der Waals surface area contributed by atoms with Crippen molar-refractivity contribution in [2.45, 2.75) is 44.2 Å². The molecule has 4 heteroatoms. The van der Waals surface area contributed by atoms with E-state index >= 15 is 0 Å². The monoisotopic (exact) mass is 265 g/mol. The van der Waals surface area contributed by atoms with E-state index in [1.807, 2.05) is 13.0 Å². The van der Waals surface area contributed by atoms with Crippen molar-refractivity contribution in [2.24, 2.45) is 5.84 Å². The third kappa shape index (κ3) is 2.66. The van der Waals surface area contributed by atoms with Crippen LogP contribution in [0.25, 0.3) is 0 Å². The summed E-state index contributed by atoms with van der Waals surface area (Å²) in [6, 6.07) is 5.13. The summed E-state index contributed by atoms with van der Waals surface area (Å²) in [6.45, 7) is 1.91. The largest absolute Gasteiger partial charge is 0.302 e. The summed E-state index contributed by atoms with van der Waals surface area (Å²) in [5.41, 5.74) is 4.78. The summed E-state index contributed by atoms with van der Waals surface area (Å²) in [6.07, 6.45) is 4.57. The summed E-state index contributed by atoms with van der Waals surface area (Å²) in [7, 11) is 4.17. The summed E-state index contributed by atoms with van der Waals surface area (Å²) in [5.74, 6) is 5.62. The van der Waals surface area contributed by atoms with Gasteiger partial charge in [0.15, 0.2) is 0 Å². The van der Waals surface area contributed by atoms with Crippen LogP contribution in [-0.2, 0) is 0 Å². The summed E-state index contributed by atoms with van der Waals surface area (Å²) < 4.78 is 13.7. The van der Waals surface area contributed by atoms with Crippen LogP contribution in [0.2, 0.25) is 0 Å². The Morgan fingerprint density at radius 3 is 2.37 bits per heavy atom. The molecule has 1 aliphatic rings. The highest BCUT2D eigenvalue weighted by Gasteiger charge is 2.43. The lowest BCUT2D eigenvalue weighted by Gasteiger charge is -2.43. The Hall–Kier alpha value is -0.970. The van der Waals surface area contributed by atoms with Crippen LogP contribution < -0.4 is 11.3 Å². The van der Waals surface area contributed by atoms with Crippen molar-refractivity contribution in [2.75, 3.05) is 14.1 Å². The number of aryl methyl sites for hydroxylation is 1. The zero-order valence-electron chi connectivity index (χ0n) is 12.0. The van der Waals surface area contributed by atoms with Gasteiger partial charge in [0.05, 0.1) is 6.04 Å². The van der Waals surface area contributed by atoms with Crippen LogP contribution in [0, 0.1) is 12.7 Å². The lowest BCUT2D eigenvalue weighted by molar-refractivity contribution is 0.104. The fourth-order valence-corrected chi connectivity index (χ4v) is 3.47. The van der Waals surface area contributed by atoms with E-state index in [0.717, 1.165) is 24.0 Å². The fraction of sp³-hybridized carbons (Fsp3) is 0.600. The molecule has 0 aliphatic heterocycles. The maximum absolute atomic E-state index is 13.7. The second-order valence-corrected chi connectivity index (χ2v) is 5.87. The van der Waals surface area contributed by atoms with Crippen LogP contribution in [0.5, 0.6) is 0 Å². The molecule has 1 atom stereocenters. The van der Waals surface area contributed by atoms with Gasteiger partial charge in [-0.3, -0.25) is 11.3 Å². The van der Waals surface area contributed by atoms with Crippen molar-refractivity contribution >= 4 is 0 Å². The van der Waals surface area contributed by atoms with Gasteiger partial charge in [-0.2, -0.15) is 0 Å². The Morgan fingerprint density at radius 2 is 1.89 bits per heavy atom. The molecule has 0 radical (unpaired) electrons. The van der Waals surface area contributed by atoms with Gasteiger partial charge in [-0.05, 0) is 57.1 Å². The molecule has 19 heavy (non-hydrogen) atoms. The predicted octanol–water partition coefficient (Wildman–Crippen LogP) is 2.51. The third-order valence-corrected chi connectivity index (χ3v) is 4.46. The lowest BCUT2D eigenvalue weighted by Crippen LogP contribution is -2.53. The van der Waals surface area contributed by atoms with E-state index in [4.69, 9.17) is 5.84 Å². The van der Waals surface area contributed by atoms with E-state index in [2.05, 4.69) is 24.4 Å². The van der Waals surface area contributed by atoms with Gasteiger partial charge < -0.3 is 4.90 Å². The van der Waals surface area contributed by atoms with Crippen LogP contribution in [0.3, 0.4) is 0 Å². The quantitative estimate of drug-likeness (QED) is 0.649. The van der Waals surface area contributed by atoms with E-state index in [1.54, 1.807) is 12.1 Å². The van der Waals surface area contributed by atoms with E-state index in [0.29, 0.717) is 0 Å². The van der Waals surface area contributed by atoms with E-state index in [1.165, 1.54) is 12.8 Å².